The lowest BCUT2D eigenvalue weighted by molar-refractivity contribution is 0.244. The first-order chi connectivity index (χ1) is 10.3. The van der Waals surface area contributed by atoms with Crippen LogP contribution in [-0.2, 0) is 19.5 Å². The first-order valence-electron chi connectivity index (χ1n) is 7.30. The van der Waals surface area contributed by atoms with Crippen LogP contribution in [0.3, 0.4) is 0 Å². The number of nitrogens with zero attached hydrogens (tertiary/aromatic N) is 1. The molecule has 22 heavy (non-hydrogen) atoms. The highest BCUT2D eigenvalue weighted by Crippen LogP contribution is 2.33. The van der Waals surface area contributed by atoms with Crippen molar-refractivity contribution in [1.82, 2.24) is 4.90 Å². The molecule has 0 saturated carbocycles. The maximum absolute atomic E-state index is 5.41. The van der Waals surface area contributed by atoms with Crippen molar-refractivity contribution >= 4 is 12.4 Å². The summed E-state index contributed by atoms with van der Waals surface area (Å²) in [5.74, 6) is 1.64. The van der Waals surface area contributed by atoms with Crippen LogP contribution in [0.1, 0.15) is 16.7 Å². The normalized spacial score (nSPS) is 13.9. The fraction of sp³-hybridized carbons (Fsp3) is 0.333. The lowest BCUT2D eigenvalue weighted by Crippen LogP contribution is -2.30. The lowest BCUT2D eigenvalue weighted by Gasteiger charge is -2.29. The monoisotopic (exact) mass is 319 g/mol. The van der Waals surface area contributed by atoms with E-state index in [-0.39, 0.29) is 12.4 Å². The van der Waals surface area contributed by atoms with Gasteiger partial charge in [0.2, 0.25) is 0 Å². The van der Waals surface area contributed by atoms with Crippen molar-refractivity contribution in [3.05, 3.63) is 59.2 Å². The second-order valence-corrected chi connectivity index (χ2v) is 5.42. The fourth-order valence-corrected chi connectivity index (χ4v) is 2.92. The molecule has 2 aromatic rings. The Hall–Kier alpha value is -1.71. The summed E-state index contributed by atoms with van der Waals surface area (Å²) in [5, 5.41) is 0. The number of halogens is 1. The van der Waals surface area contributed by atoms with Crippen LogP contribution in [0.4, 0.5) is 0 Å². The summed E-state index contributed by atoms with van der Waals surface area (Å²) in [5.41, 5.74) is 4.08. The molecule has 0 bridgehead atoms. The minimum Gasteiger partial charge on any atom is -0.493 e. The van der Waals surface area contributed by atoms with Gasteiger partial charge in [-0.1, -0.05) is 30.3 Å². The van der Waals surface area contributed by atoms with E-state index in [0.29, 0.717) is 0 Å². The van der Waals surface area contributed by atoms with Crippen LogP contribution < -0.4 is 9.47 Å². The highest BCUT2D eigenvalue weighted by molar-refractivity contribution is 5.85. The Morgan fingerprint density at radius 2 is 1.59 bits per heavy atom. The van der Waals surface area contributed by atoms with Gasteiger partial charge in [-0.25, -0.2) is 0 Å². The summed E-state index contributed by atoms with van der Waals surface area (Å²) in [4.78, 5) is 2.48. The Kier molecular flexibility index (Phi) is 5.69. The molecular weight excluding hydrogens is 298 g/mol. The number of methoxy groups -OCH3 is 2. The molecule has 0 amide bonds. The molecule has 0 aliphatic carbocycles. The van der Waals surface area contributed by atoms with E-state index >= 15 is 0 Å². The zero-order chi connectivity index (χ0) is 14.7. The maximum atomic E-state index is 5.41. The predicted octanol–water partition coefficient (Wildman–Crippen LogP) is 3.68. The van der Waals surface area contributed by atoms with Gasteiger partial charge in [-0.3, -0.25) is 4.90 Å². The van der Waals surface area contributed by atoms with Crippen LogP contribution in [0.25, 0.3) is 0 Å². The maximum Gasteiger partial charge on any atom is 0.161 e. The average Bonchev–Trinajstić information content (AvgIpc) is 2.54. The number of fused-ring (bicyclic) bond motifs is 1. The molecule has 3 rings (SSSR count). The van der Waals surface area contributed by atoms with Gasteiger partial charge in [0.25, 0.3) is 0 Å². The van der Waals surface area contributed by atoms with Gasteiger partial charge in [0.1, 0.15) is 0 Å². The molecule has 2 aromatic carbocycles. The summed E-state index contributed by atoms with van der Waals surface area (Å²) >= 11 is 0. The van der Waals surface area contributed by atoms with E-state index < -0.39 is 0 Å². The van der Waals surface area contributed by atoms with Crippen LogP contribution in [0.2, 0.25) is 0 Å². The lowest BCUT2D eigenvalue weighted by atomic mass is 9.98. The standard InChI is InChI=1S/C18H21NO2.ClH/c1-20-17-10-15-8-9-19(12-14-6-4-3-5-7-14)13-16(15)11-18(17)21-2;/h3-7,10-11H,8-9,12-13H2,1-2H3;1H. The summed E-state index contributed by atoms with van der Waals surface area (Å²) in [6.45, 7) is 3.04. The number of benzene rings is 2. The number of hydrogen-bond donors (Lipinski definition) is 0. The molecular formula is C18H22ClNO2. The van der Waals surface area contributed by atoms with E-state index in [1.807, 2.05) is 0 Å². The van der Waals surface area contributed by atoms with E-state index in [4.69, 9.17) is 9.47 Å². The number of rotatable bonds is 4. The zero-order valence-electron chi connectivity index (χ0n) is 13.0. The SMILES string of the molecule is COc1cc2c(cc1OC)CN(Cc1ccccc1)CC2.Cl. The fourth-order valence-electron chi connectivity index (χ4n) is 2.92. The minimum absolute atomic E-state index is 0. The summed E-state index contributed by atoms with van der Waals surface area (Å²) < 4.78 is 10.8. The zero-order valence-corrected chi connectivity index (χ0v) is 13.9. The number of ether oxygens (including phenoxy) is 2. The van der Waals surface area contributed by atoms with Gasteiger partial charge in [-0.15, -0.1) is 12.4 Å². The molecule has 1 aliphatic heterocycles. The number of hydrogen-bond acceptors (Lipinski definition) is 3. The highest BCUT2D eigenvalue weighted by atomic mass is 35.5. The third kappa shape index (κ3) is 3.54. The summed E-state index contributed by atoms with van der Waals surface area (Å²) in [6, 6.07) is 14.9. The van der Waals surface area contributed by atoms with Gasteiger partial charge in [0.05, 0.1) is 14.2 Å². The van der Waals surface area contributed by atoms with Crippen molar-refractivity contribution in [2.75, 3.05) is 20.8 Å². The molecule has 1 aliphatic rings. The average molecular weight is 320 g/mol. The van der Waals surface area contributed by atoms with E-state index in [1.165, 1.54) is 16.7 Å². The van der Waals surface area contributed by atoms with Crippen molar-refractivity contribution in [2.24, 2.45) is 0 Å². The van der Waals surface area contributed by atoms with Crippen LogP contribution >= 0.6 is 12.4 Å². The second kappa shape index (κ2) is 7.52. The summed E-state index contributed by atoms with van der Waals surface area (Å²) in [6.07, 6.45) is 1.06. The molecule has 0 unspecified atom stereocenters. The van der Waals surface area contributed by atoms with Crippen LogP contribution in [0.15, 0.2) is 42.5 Å². The highest BCUT2D eigenvalue weighted by Gasteiger charge is 2.19. The smallest absolute Gasteiger partial charge is 0.161 e. The first kappa shape index (κ1) is 16.7. The van der Waals surface area contributed by atoms with Crippen LogP contribution in [-0.4, -0.2) is 25.7 Å². The molecule has 0 fully saturated rings. The first-order valence-corrected chi connectivity index (χ1v) is 7.30. The van der Waals surface area contributed by atoms with Gasteiger partial charge in [0.15, 0.2) is 11.5 Å². The molecule has 118 valence electrons. The topological polar surface area (TPSA) is 21.7 Å². The molecule has 0 N–H and O–H groups in total. The van der Waals surface area contributed by atoms with Crippen LogP contribution in [0.5, 0.6) is 11.5 Å². The molecule has 0 spiro atoms. The molecule has 4 heteroatoms. The van der Waals surface area contributed by atoms with Gasteiger partial charge in [-0.2, -0.15) is 0 Å². The third-order valence-corrected chi connectivity index (χ3v) is 4.05. The van der Waals surface area contributed by atoms with Gasteiger partial charge in [0, 0.05) is 19.6 Å². The second-order valence-electron chi connectivity index (χ2n) is 5.42. The molecule has 0 saturated heterocycles. The van der Waals surface area contributed by atoms with Crippen molar-refractivity contribution in [2.45, 2.75) is 19.5 Å². The molecule has 3 nitrogen and oxygen atoms in total. The quantitative estimate of drug-likeness (QED) is 0.858. The van der Waals surface area contributed by atoms with Crippen molar-refractivity contribution in [3.8, 4) is 11.5 Å². The van der Waals surface area contributed by atoms with E-state index in [9.17, 15) is 0 Å². The molecule has 0 radical (unpaired) electrons. The Labute approximate surface area is 138 Å². The van der Waals surface area contributed by atoms with Gasteiger partial charge in [-0.05, 0) is 35.2 Å². The third-order valence-electron chi connectivity index (χ3n) is 4.05. The van der Waals surface area contributed by atoms with E-state index in [0.717, 1.165) is 37.6 Å². The van der Waals surface area contributed by atoms with Gasteiger partial charge >= 0.3 is 0 Å². The minimum atomic E-state index is 0. The Morgan fingerprint density at radius 3 is 2.23 bits per heavy atom. The largest absolute Gasteiger partial charge is 0.493 e. The van der Waals surface area contributed by atoms with Crippen molar-refractivity contribution < 1.29 is 9.47 Å². The molecule has 1 heterocycles. The van der Waals surface area contributed by atoms with Crippen molar-refractivity contribution in [1.29, 1.82) is 0 Å². The Morgan fingerprint density at radius 1 is 0.955 bits per heavy atom. The van der Waals surface area contributed by atoms with E-state index in [1.54, 1.807) is 14.2 Å². The predicted molar refractivity (Wildman–Crippen MR) is 91.1 cm³/mol. The van der Waals surface area contributed by atoms with Crippen LogP contribution in [0, 0.1) is 0 Å². The molecule has 0 aromatic heterocycles. The van der Waals surface area contributed by atoms with Crippen molar-refractivity contribution in [3.63, 3.8) is 0 Å². The summed E-state index contributed by atoms with van der Waals surface area (Å²) in [7, 11) is 3.38. The Bertz CT molecular complexity index is 616. The van der Waals surface area contributed by atoms with Gasteiger partial charge < -0.3 is 9.47 Å². The van der Waals surface area contributed by atoms with E-state index in [2.05, 4.69) is 47.4 Å². The molecule has 0 atom stereocenters. The Balaban J connectivity index is 0.00000176.